The fourth-order valence-electron chi connectivity index (χ4n) is 7.88. The molecule has 0 spiro atoms. The molecule has 2 aromatic rings. The zero-order valence-electron chi connectivity index (χ0n) is 31.9. The lowest BCUT2D eigenvalue weighted by molar-refractivity contribution is -0.438. The van der Waals surface area contributed by atoms with Gasteiger partial charge in [-0.25, -0.2) is 14.3 Å². The third-order valence-corrected chi connectivity index (χ3v) is 11.7. The SMILES string of the molecule is C=NC(=C=[N-])C1=C(C=C2N(CCCCCC(=O)O)c3ccc(C)cc3C2(C)C)C(=O)C1=CC1=[N+](CCCCCC(=O)O)c2ccc(S(=O)(=O)[O-])cc2C1(C)C. The Morgan fingerprint density at radius 2 is 1.60 bits per heavy atom. The molecule has 12 nitrogen and oxygen atoms in total. The first-order chi connectivity index (χ1) is 25.8. The van der Waals surface area contributed by atoms with Crippen LogP contribution in [-0.2, 0) is 35.3 Å². The molecule has 3 aliphatic rings. The minimum absolute atomic E-state index is 0.0271. The number of carboxylic acid groups (broad SMARTS) is 2. The largest absolute Gasteiger partial charge is 0.761 e. The first-order valence-electron chi connectivity index (χ1n) is 18.4. The Labute approximate surface area is 322 Å². The fourth-order valence-corrected chi connectivity index (χ4v) is 8.37. The van der Waals surface area contributed by atoms with E-state index in [4.69, 9.17) is 10.2 Å². The van der Waals surface area contributed by atoms with E-state index in [2.05, 4.69) is 48.5 Å². The lowest BCUT2D eigenvalue weighted by Gasteiger charge is -2.31. The smallest absolute Gasteiger partial charge is 0.303 e. The van der Waals surface area contributed by atoms with Gasteiger partial charge in [-0.05, 0) is 83.0 Å². The van der Waals surface area contributed by atoms with Crippen LogP contribution in [0.15, 0.2) is 86.6 Å². The van der Waals surface area contributed by atoms with Crippen molar-refractivity contribution in [1.82, 2.24) is 0 Å². The summed E-state index contributed by atoms with van der Waals surface area (Å²) in [5.41, 5.74) is 5.31. The highest BCUT2D eigenvalue weighted by Crippen LogP contribution is 2.50. The van der Waals surface area contributed by atoms with E-state index in [1.807, 2.05) is 37.5 Å². The molecule has 0 atom stereocenters. The summed E-state index contributed by atoms with van der Waals surface area (Å²) in [6.07, 6.45) is 7.30. The topological polar surface area (TPSA) is 190 Å². The van der Waals surface area contributed by atoms with E-state index in [9.17, 15) is 32.8 Å². The molecule has 2 aromatic carbocycles. The molecule has 0 amide bonds. The van der Waals surface area contributed by atoms with Crippen LogP contribution in [-0.4, -0.2) is 76.9 Å². The van der Waals surface area contributed by atoms with Gasteiger partial charge in [0, 0.05) is 77.0 Å². The zero-order chi connectivity index (χ0) is 40.5. The number of benzene rings is 2. The second-order valence-corrected chi connectivity index (χ2v) is 16.7. The summed E-state index contributed by atoms with van der Waals surface area (Å²) < 4.78 is 38.1. The van der Waals surface area contributed by atoms with Crippen LogP contribution in [0.2, 0.25) is 0 Å². The molecular formula is C42H47N4O8S-. The monoisotopic (exact) mass is 767 g/mol. The standard InChI is InChI=1S/C42H48N4O8S/c1-26-15-17-33-30(21-26)41(2,3)35(45(33)19-11-7-9-13-37(47)48)23-28-39(32(25-43)44-6)29(40(28)51)24-36-42(4,5)31-22-27(55(52,53)54)16-18-34(31)46(36)20-12-8-10-14-38(49)50/h15-18,21-24H,6-14,19-20H2,1-5H3,(H,47,48)(H,49,50)(H,52,53,54)/p-1. The number of allylic oxidation sites excluding steroid dienone is 5. The van der Waals surface area contributed by atoms with Crippen molar-refractivity contribution in [2.45, 2.75) is 102 Å². The lowest BCUT2D eigenvalue weighted by atomic mass is 9.74. The van der Waals surface area contributed by atoms with E-state index in [1.54, 1.807) is 12.1 Å². The number of carbonyl (C=O) groups is 3. The third-order valence-electron chi connectivity index (χ3n) is 10.8. The van der Waals surface area contributed by atoms with Crippen molar-refractivity contribution in [3.63, 3.8) is 0 Å². The van der Waals surface area contributed by atoms with Gasteiger partial charge in [-0.1, -0.05) is 38.0 Å². The maximum absolute atomic E-state index is 14.4. The number of rotatable bonds is 17. The van der Waals surface area contributed by atoms with E-state index in [1.165, 1.54) is 12.1 Å². The van der Waals surface area contributed by atoms with Crippen molar-refractivity contribution in [3.8, 4) is 0 Å². The average Bonchev–Trinajstić information content (AvgIpc) is 3.45. The van der Waals surface area contributed by atoms with Gasteiger partial charge in [-0.3, -0.25) is 19.4 Å². The van der Waals surface area contributed by atoms with Gasteiger partial charge >= 0.3 is 11.9 Å². The van der Waals surface area contributed by atoms with Gasteiger partial charge in [0.2, 0.25) is 5.69 Å². The van der Waals surface area contributed by atoms with E-state index in [-0.39, 0.29) is 34.8 Å². The van der Waals surface area contributed by atoms with Crippen LogP contribution in [0.3, 0.4) is 0 Å². The van der Waals surface area contributed by atoms with Gasteiger partial charge in [0.1, 0.15) is 16.7 Å². The number of unbranched alkanes of at least 4 members (excludes halogenated alkanes) is 4. The molecule has 0 aromatic heterocycles. The number of carboxylic acids is 2. The highest BCUT2D eigenvalue weighted by Gasteiger charge is 2.48. The highest BCUT2D eigenvalue weighted by molar-refractivity contribution is 7.85. The third kappa shape index (κ3) is 8.10. The van der Waals surface area contributed by atoms with E-state index in [0.29, 0.717) is 73.3 Å². The number of carbonyl (C=O) groups excluding carboxylic acids is 1. The molecule has 0 radical (unpaired) electrons. The minimum atomic E-state index is -4.76. The maximum atomic E-state index is 14.4. The van der Waals surface area contributed by atoms with Crippen LogP contribution in [0.1, 0.15) is 95.8 Å². The number of fused-ring (bicyclic) bond motifs is 2. The van der Waals surface area contributed by atoms with Crippen molar-refractivity contribution in [2.24, 2.45) is 4.99 Å². The number of aliphatic imine (C=N–C) groups is 1. The molecule has 2 aliphatic heterocycles. The molecule has 2 heterocycles. The quantitative estimate of drug-likeness (QED) is 0.0569. The summed E-state index contributed by atoms with van der Waals surface area (Å²) in [4.78, 5) is 42.4. The maximum Gasteiger partial charge on any atom is 0.303 e. The van der Waals surface area contributed by atoms with E-state index >= 15 is 0 Å². The van der Waals surface area contributed by atoms with Crippen LogP contribution in [0.5, 0.6) is 0 Å². The number of nitrogens with zero attached hydrogens (tertiary/aromatic N) is 4. The number of anilines is 1. The molecular weight excluding hydrogens is 721 g/mol. The average molecular weight is 768 g/mol. The Kier molecular flexibility index (Phi) is 11.8. The Morgan fingerprint density at radius 3 is 2.20 bits per heavy atom. The van der Waals surface area contributed by atoms with Crippen LogP contribution >= 0.6 is 0 Å². The Bertz CT molecular complexity index is 2270. The molecule has 0 unspecified atom stereocenters. The summed E-state index contributed by atoms with van der Waals surface area (Å²) in [7, 11) is -4.76. The van der Waals surface area contributed by atoms with Crippen molar-refractivity contribution in [3.05, 3.63) is 98.8 Å². The molecule has 13 heteroatoms. The summed E-state index contributed by atoms with van der Waals surface area (Å²) in [5.74, 6) is 0.0683. The molecule has 0 bridgehead atoms. The number of hydrogen-bond donors (Lipinski definition) is 2. The van der Waals surface area contributed by atoms with Crippen LogP contribution in [0, 0.1) is 6.92 Å². The number of ketones is 1. The van der Waals surface area contributed by atoms with Crippen molar-refractivity contribution in [2.75, 3.05) is 18.0 Å². The summed E-state index contributed by atoms with van der Waals surface area (Å²) in [5, 5.41) is 28.5. The van der Waals surface area contributed by atoms with Crippen LogP contribution in [0.4, 0.5) is 11.4 Å². The molecule has 0 saturated carbocycles. The predicted octanol–water partition coefficient (Wildman–Crippen LogP) is 6.88. The van der Waals surface area contributed by atoms with Gasteiger partial charge < -0.3 is 25.1 Å². The number of aliphatic carboxylic acids is 2. The van der Waals surface area contributed by atoms with E-state index < -0.39 is 32.9 Å². The number of Topliss-reactive ketones (excluding diaryl/α,β-unsaturated/α-hetero) is 1. The minimum Gasteiger partial charge on any atom is -0.761 e. The molecule has 55 heavy (non-hydrogen) atoms. The van der Waals surface area contributed by atoms with Crippen molar-refractivity contribution < 1.29 is 42.1 Å². The summed E-state index contributed by atoms with van der Waals surface area (Å²) in [6, 6.07) is 10.4. The lowest BCUT2D eigenvalue weighted by Crippen LogP contribution is -2.32. The zero-order valence-corrected chi connectivity index (χ0v) is 32.8. The highest BCUT2D eigenvalue weighted by atomic mass is 32.2. The summed E-state index contributed by atoms with van der Waals surface area (Å²) >= 11 is 0. The van der Waals surface area contributed by atoms with Gasteiger partial charge in [0.25, 0.3) is 0 Å². The van der Waals surface area contributed by atoms with Crippen LogP contribution in [0.25, 0.3) is 5.41 Å². The van der Waals surface area contributed by atoms with Gasteiger partial charge in [-0.15, -0.1) is 0 Å². The van der Waals surface area contributed by atoms with Crippen LogP contribution < -0.4 is 4.90 Å². The second-order valence-electron chi connectivity index (χ2n) is 15.3. The van der Waals surface area contributed by atoms with Gasteiger partial charge in [0.15, 0.2) is 11.5 Å². The van der Waals surface area contributed by atoms with Gasteiger partial charge in [0.05, 0.1) is 16.0 Å². The fraction of sp³-hybridized carbons (Fsp3) is 0.405. The first-order valence-corrected chi connectivity index (χ1v) is 19.8. The first kappa shape index (κ1) is 40.9. The van der Waals surface area contributed by atoms with Crippen molar-refractivity contribution in [1.29, 1.82) is 0 Å². The Morgan fingerprint density at radius 1 is 0.945 bits per heavy atom. The van der Waals surface area contributed by atoms with Gasteiger partial charge in [-0.2, -0.15) is 4.58 Å². The number of hydrogen-bond acceptors (Lipinski definition) is 8. The molecule has 2 N–H and O–H groups in total. The summed E-state index contributed by atoms with van der Waals surface area (Å²) in [6.45, 7) is 14.6. The molecule has 1 aliphatic carbocycles. The second kappa shape index (κ2) is 15.9. The number of aryl methyl sites for hydroxylation is 1. The van der Waals surface area contributed by atoms with Crippen molar-refractivity contribution >= 4 is 57.5 Å². The Balaban J connectivity index is 1.64. The molecule has 5 rings (SSSR count). The normalized spacial score (nSPS) is 18.4. The molecule has 0 fully saturated rings. The van der Waals surface area contributed by atoms with E-state index in [0.717, 1.165) is 28.9 Å². The molecule has 0 saturated heterocycles. The molecule has 290 valence electrons. The predicted molar refractivity (Wildman–Crippen MR) is 211 cm³/mol. The Hall–Kier alpha value is -5.23.